The lowest BCUT2D eigenvalue weighted by Gasteiger charge is -2.13. The van der Waals surface area contributed by atoms with Crippen molar-refractivity contribution >= 4 is 12.0 Å². The number of aromatic nitrogens is 2. The normalized spacial score (nSPS) is 12.0. The van der Waals surface area contributed by atoms with Gasteiger partial charge < -0.3 is 5.11 Å². The number of aliphatic carboxylic acids is 1. The largest absolute Gasteiger partial charge is 0.478 e. The molecule has 0 radical (unpaired) electrons. The molecule has 116 valence electrons. The quantitative estimate of drug-likeness (QED) is 0.881. The maximum Gasteiger partial charge on any atom is 0.434 e. The van der Waals surface area contributed by atoms with E-state index in [1.165, 1.54) is 0 Å². The molecule has 1 heterocycles. The minimum Gasteiger partial charge on any atom is -0.478 e. The molecule has 0 bridgehead atoms. The van der Waals surface area contributed by atoms with Gasteiger partial charge in [0.05, 0.1) is 11.9 Å². The first-order valence-corrected chi connectivity index (χ1v) is 6.33. The molecule has 0 atom stereocenters. The van der Waals surface area contributed by atoms with Crippen LogP contribution in [0.25, 0.3) is 11.8 Å². The average molecular weight is 310 g/mol. The third-order valence-electron chi connectivity index (χ3n) is 2.92. The average Bonchev–Trinajstić information content (AvgIpc) is 2.78. The molecule has 0 aliphatic rings. The molecule has 0 amide bonds. The van der Waals surface area contributed by atoms with E-state index >= 15 is 0 Å². The number of halogens is 3. The van der Waals surface area contributed by atoms with E-state index in [0.29, 0.717) is 6.08 Å². The highest BCUT2D eigenvalue weighted by atomic mass is 19.4. The van der Waals surface area contributed by atoms with E-state index in [4.69, 9.17) is 5.11 Å². The first-order chi connectivity index (χ1) is 10.2. The minimum absolute atomic E-state index is 0.278. The molecular formula is C15H13F3N2O2. The third kappa shape index (κ3) is 3.36. The fourth-order valence-electron chi connectivity index (χ4n) is 2.20. The van der Waals surface area contributed by atoms with Crippen LogP contribution in [0.15, 0.2) is 30.5 Å². The Hall–Kier alpha value is -2.57. The van der Waals surface area contributed by atoms with Crippen LogP contribution < -0.4 is 0 Å². The number of hydrogen-bond acceptors (Lipinski definition) is 2. The van der Waals surface area contributed by atoms with Gasteiger partial charge in [0.15, 0.2) is 5.69 Å². The van der Waals surface area contributed by atoms with Gasteiger partial charge in [0.1, 0.15) is 0 Å². The lowest BCUT2D eigenvalue weighted by atomic mass is 10.1. The van der Waals surface area contributed by atoms with Crippen molar-refractivity contribution < 1.29 is 23.1 Å². The summed E-state index contributed by atoms with van der Waals surface area (Å²) in [5, 5.41) is 12.3. The Balaban J connectivity index is 2.64. The van der Waals surface area contributed by atoms with Crippen LogP contribution in [-0.2, 0) is 11.0 Å². The van der Waals surface area contributed by atoms with Gasteiger partial charge in [-0.3, -0.25) is 0 Å². The number of rotatable bonds is 3. The first-order valence-electron chi connectivity index (χ1n) is 6.33. The number of alkyl halides is 3. The fourth-order valence-corrected chi connectivity index (χ4v) is 2.20. The summed E-state index contributed by atoms with van der Waals surface area (Å²) in [5.74, 6) is -1.33. The Morgan fingerprint density at radius 1 is 1.23 bits per heavy atom. The summed E-state index contributed by atoms with van der Waals surface area (Å²) in [7, 11) is 0. The van der Waals surface area contributed by atoms with Gasteiger partial charge in [0.25, 0.3) is 0 Å². The number of carboxylic acid groups (broad SMARTS) is 1. The van der Waals surface area contributed by atoms with Gasteiger partial charge in [-0.15, -0.1) is 0 Å². The number of nitrogens with zero attached hydrogens (tertiary/aromatic N) is 2. The van der Waals surface area contributed by atoms with Crippen LogP contribution in [0, 0.1) is 13.8 Å². The van der Waals surface area contributed by atoms with Gasteiger partial charge in [-0.1, -0.05) is 6.07 Å². The zero-order valence-corrected chi connectivity index (χ0v) is 11.8. The van der Waals surface area contributed by atoms with Crippen LogP contribution in [-0.4, -0.2) is 20.9 Å². The zero-order chi connectivity index (χ0) is 16.5. The van der Waals surface area contributed by atoms with Crippen molar-refractivity contribution in [1.82, 2.24) is 9.78 Å². The van der Waals surface area contributed by atoms with Crippen LogP contribution in [0.3, 0.4) is 0 Å². The lowest BCUT2D eigenvalue weighted by molar-refractivity contribution is -0.143. The smallest absolute Gasteiger partial charge is 0.434 e. The second kappa shape index (κ2) is 5.67. The van der Waals surface area contributed by atoms with Gasteiger partial charge >= 0.3 is 12.1 Å². The molecule has 22 heavy (non-hydrogen) atoms. The molecule has 0 aliphatic carbocycles. The van der Waals surface area contributed by atoms with Gasteiger partial charge in [-0.2, -0.15) is 18.3 Å². The van der Waals surface area contributed by atoms with Crippen molar-refractivity contribution in [3.05, 3.63) is 52.9 Å². The minimum atomic E-state index is -4.66. The van der Waals surface area contributed by atoms with E-state index in [9.17, 15) is 18.0 Å². The monoisotopic (exact) mass is 310 g/mol. The summed E-state index contributed by atoms with van der Waals surface area (Å²) in [6.07, 6.45) is -2.12. The highest BCUT2D eigenvalue weighted by Crippen LogP contribution is 2.34. The number of carbonyl (C=O) groups is 1. The summed E-state index contributed by atoms with van der Waals surface area (Å²) in [4.78, 5) is 10.5. The molecule has 1 aromatic carbocycles. The number of hydrogen-bond donors (Lipinski definition) is 1. The number of benzene rings is 1. The van der Waals surface area contributed by atoms with Gasteiger partial charge in [0, 0.05) is 11.6 Å². The van der Waals surface area contributed by atoms with Gasteiger partial charge in [-0.25, -0.2) is 9.48 Å². The van der Waals surface area contributed by atoms with E-state index in [0.717, 1.165) is 28.1 Å². The molecule has 7 heteroatoms. The van der Waals surface area contributed by atoms with Crippen molar-refractivity contribution in [2.45, 2.75) is 20.0 Å². The molecule has 2 aromatic rings. The van der Waals surface area contributed by atoms with Crippen molar-refractivity contribution in [2.24, 2.45) is 0 Å². The summed E-state index contributed by atoms with van der Waals surface area (Å²) in [5.41, 5.74) is 0.589. The second-order valence-electron chi connectivity index (χ2n) is 4.88. The van der Waals surface area contributed by atoms with E-state index in [1.54, 1.807) is 26.0 Å². The highest BCUT2D eigenvalue weighted by Gasteiger charge is 2.38. The third-order valence-corrected chi connectivity index (χ3v) is 2.92. The molecule has 0 spiro atoms. The predicted molar refractivity (Wildman–Crippen MR) is 74.7 cm³/mol. The second-order valence-corrected chi connectivity index (χ2v) is 4.88. The molecule has 0 fully saturated rings. The fraction of sp³-hybridized carbons (Fsp3) is 0.200. The zero-order valence-electron chi connectivity index (χ0n) is 11.8. The van der Waals surface area contributed by atoms with Crippen molar-refractivity contribution in [3.8, 4) is 5.69 Å². The van der Waals surface area contributed by atoms with E-state index < -0.39 is 17.8 Å². The van der Waals surface area contributed by atoms with Crippen LogP contribution in [0.5, 0.6) is 0 Å². The molecule has 1 N–H and O–H groups in total. The van der Waals surface area contributed by atoms with Crippen LogP contribution in [0.1, 0.15) is 22.4 Å². The molecule has 0 saturated heterocycles. The van der Waals surface area contributed by atoms with Crippen LogP contribution in [0.2, 0.25) is 0 Å². The summed E-state index contributed by atoms with van der Waals surface area (Å²) in [6.45, 7) is 3.55. The Kier molecular flexibility index (Phi) is 4.07. The summed E-state index contributed by atoms with van der Waals surface area (Å²) >= 11 is 0. The highest BCUT2D eigenvalue weighted by molar-refractivity contribution is 5.85. The van der Waals surface area contributed by atoms with Gasteiger partial charge in [0.2, 0.25) is 0 Å². The van der Waals surface area contributed by atoms with Crippen LogP contribution in [0.4, 0.5) is 13.2 Å². The Bertz CT molecular complexity index is 725. The lowest BCUT2D eigenvalue weighted by Crippen LogP contribution is -2.15. The molecule has 1 aromatic heterocycles. The Morgan fingerprint density at radius 3 is 2.32 bits per heavy atom. The summed E-state index contributed by atoms with van der Waals surface area (Å²) in [6, 6.07) is 5.01. The number of carboxylic acids is 1. The molecule has 2 rings (SSSR count). The number of aryl methyl sites for hydroxylation is 2. The standard InChI is InChI=1S/C15H13F3N2O2/c1-9-5-10(2)7-12(6-9)20-14(15(16,17)18)11(8-19-20)3-4-13(21)22/h3-8H,1-2H3,(H,21,22)/b4-3+. The maximum atomic E-state index is 13.3. The predicted octanol–water partition coefficient (Wildman–Crippen LogP) is 3.61. The van der Waals surface area contributed by atoms with Crippen LogP contribution >= 0.6 is 0 Å². The Labute approximate surface area is 124 Å². The van der Waals surface area contributed by atoms with Gasteiger partial charge in [-0.05, 0) is 43.2 Å². The van der Waals surface area contributed by atoms with E-state index in [2.05, 4.69) is 5.10 Å². The molecule has 0 unspecified atom stereocenters. The molecular weight excluding hydrogens is 297 g/mol. The molecule has 4 nitrogen and oxygen atoms in total. The van der Waals surface area contributed by atoms with Crippen molar-refractivity contribution in [2.75, 3.05) is 0 Å². The topological polar surface area (TPSA) is 55.1 Å². The SMILES string of the molecule is Cc1cc(C)cc(-n2ncc(/C=C/C(=O)O)c2C(F)(F)F)c1. The van der Waals surface area contributed by atoms with E-state index in [1.807, 2.05) is 6.07 Å². The molecule has 0 saturated carbocycles. The van der Waals surface area contributed by atoms with E-state index in [-0.39, 0.29) is 11.3 Å². The first kappa shape index (κ1) is 15.8. The molecule has 0 aliphatic heterocycles. The Morgan fingerprint density at radius 2 is 1.82 bits per heavy atom. The maximum absolute atomic E-state index is 13.3. The summed E-state index contributed by atoms with van der Waals surface area (Å²) < 4.78 is 40.7. The van der Waals surface area contributed by atoms with Crippen molar-refractivity contribution in [1.29, 1.82) is 0 Å². The van der Waals surface area contributed by atoms with Crippen molar-refractivity contribution in [3.63, 3.8) is 0 Å².